The molecule has 1 aliphatic carbocycles. The Morgan fingerprint density at radius 1 is 1.18 bits per heavy atom. The van der Waals surface area contributed by atoms with Gasteiger partial charge in [-0.05, 0) is 78.8 Å². The van der Waals surface area contributed by atoms with Gasteiger partial charge in [0.25, 0.3) is 0 Å². The fourth-order valence-corrected chi connectivity index (χ4v) is 6.15. The molecule has 0 aromatic heterocycles. The van der Waals surface area contributed by atoms with Crippen molar-refractivity contribution in [1.29, 1.82) is 0 Å². The molecule has 33 heavy (non-hydrogen) atoms. The summed E-state index contributed by atoms with van der Waals surface area (Å²) >= 11 is 12.9. The van der Waals surface area contributed by atoms with Crippen molar-refractivity contribution in [3.8, 4) is 0 Å². The second kappa shape index (κ2) is 9.68. The molecule has 2 fully saturated rings. The first kappa shape index (κ1) is 24.1. The van der Waals surface area contributed by atoms with Crippen molar-refractivity contribution in [1.82, 2.24) is 10.6 Å². The first-order chi connectivity index (χ1) is 15.7. The zero-order chi connectivity index (χ0) is 23.8. The number of aryl methyl sites for hydroxylation is 1. The Morgan fingerprint density at radius 2 is 1.91 bits per heavy atom. The van der Waals surface area contributed by atoms with Crippen LogP contribution in [0.4, 0.5) is 0 Å². The zero-order valence-electron chi connectivity index (χ0n) is 19.5. The Labute approximate surface area is 206 Å². The Bertz CT molecular complexity index is 1040. The monoisotopic (exact) mass is 486 g/mol. The third-order valence-corrected chi connectivity index (χ3v) is 7.94. The van der Waals surface area contributed by atoms with E-state index in [1.54, 1.807) is 0 Å². The maximum Gasteiger partial charge on any atom is 0.246 e. The van der Waals surface area contributed by atoms with Gasteiger partial charge in [-0.1, -0.05) is 61.3 Å². The van der Waals surface area contributed by atoms with Crippen LogP contribution in [0.5, 0.6) is 0 Å². The van der Waals surface area contributed by atoms with Crippen LogP contribution in [0.15, 0.2) is 42.5 Å². The van der Waals surface area contributed by atoms with E-state index in [1.165, 1.54) is 0 Å². The highest BCUT2D eigenvalue weighted by Gasteiger charge is 2.58. The summed E-state index contributed by atoms with van der Waals surface area (Å²) in [6, 6.07) is 14.1. The summed E-state index contributed by atoms with van der Waals surface area (Å²) in [7, 11) is 0. The van der Waals surface area contributed by atoms with Crippen LogP contribution in [0, 0.1) is 18.8 Å². The molecule has 4 nitrogen and oxygen atoms in total. The SMILES string of the molecule is Cc1ccc([C@@H]2CC[C@@]3(NC(=O)CCC(C)C)C(=O)NC[C@H]3[C@H]2c2ccc(Cl)cc2)c(Cl)c1. The van der Waals surface area contributed by atoms with Crippen molar-refractivity contribution in [2.24, 2.45) is 11.8 Å². The van der Waals surface area contributed by atoms with Crippen LogP contribution in [-0.4, -0.2) is 23.9 Å². The molecule has 2 N–H and O–H groups in total. The van der Waals surface area contributed by atoms with Crippen molar-refractivity contribution in [2.75, 3.05) is 6.54 Å². The van der Waals surface area contributed by atoms with E-state index in [0.717, 1.165) is 34.6 Å². The molecule has 0 bridgehead atoms. The van der Waals surface area contributed by atoms with E-state index in [-0.39, 0.29) is 29.6 Å². The molecule has 1 aliphatic heterocycles. The molecule has 4 rings (SSSR count). The van der Waals surface area contributed by atoms with E-state index in [9.17, 15) is 9.59 Å². The highest BCUT2D eigenvalue weighted by atomic mass is 35.5. The number of nitrogens with one attached hydrogen (secondary N) is 2. The third kappa shape index (κ3) is 4.79. The summed E-state index contributed by atoms with van der Waals surface area (Å²) in [5.74, 6) is 0.386. The molecule has 1 saturated carbocycles. The zero-order valence-corrected chi connectivity index (χ0v) is 21.0. The molecular weight excluding hydrogens is 455 g/mol. The Kier molecular flexibility index (Phi) is 7.07. The normalized spacial score (nSPS) is 26.7. The molecule has 2 amide bonds. The van der Waals surface area contributed by atoms with Gasteiger partial charge < -0.3 is 10.6 Å². The van der Waals surface area contributed by atoms with E-state index in [4.69, 9.17) is 23.2 Å². The number of benzene rings is 2. The van der Waals surface area contributed by atoms with E-state index in [0.29, 0.717) is 30.3 Å². The van der Waals surface area contributed by atoms with Crippen LogP contribution in [-0.2, 0) is 9.59 Å². The molecule has 2 aliphatic rings. The lowest BCUT2D eigenvalue weighted by atomic mass is 9.60. The maximum absolute atomic E-state index is 13.2. The summed E-state index contributed by atoms with van der Waals surface area (Å²) in [4.78, 5) is 26.1. The van der Waals surface area contributed by atoms with Gasteiger partial charge in [-0.3, -0.25) is 9.59 Å². The third-order valence-electron chi connectivity index (χ3n) is 7.36. The molecule has 1 saturated heterocycles. The number of carbonyl (C=O) groups excluding carboxylic acids is 2. The van der Waals surface area contributed by atoms with Crippen molar-refractivity contribution in [3.63, 3.8) is 0 Å². The van der Waals surface area contributed by atoms with Crippen LogP contribution in [0.2, 0.25) is 10.0 Å². The van der Waals surface area contributed by atoms with Crippen molar-refractivity contribution in [2.45, 2.75) is 63.8 Å². The number of carbonyl (C=O) groups is 2. The molecule has 2 aromatic carbocycles. The van der Waals surface area contributed by atoms with Gasteiger partial charge in [-0.25, -0.2) is 0 Å². The predicted molar refractivity (Wildman–Crippen MR) is 134 cm³/mol. The lowest BCUT2D eigenvalue weighted by Gasteiger charge is -2.47. The van der Waals surface area contributed by atoms with Gasteiger partial charge in [0, 0.05) is 28.9 Å². The minimum Gasteiger partial charge on any atom is -0.354 e. The summed E-state index contributed by atoms with van der Waals surface area (Å²) in [5.41, 5.74) is 2.43. The second-order valence-corrected chi connectivity index (χ2v) is 10.9. The van der Waals surface area contributed by atoms with Gasteiger partial charge in [0.15, 0.2) is 0 Å². The fraction of sp³-hybridized carbons (Fsp3) is 0.481. The minimum absolute atomic E-state index is 0.0144. The van der Waals surface area contributed by atoms with Crippen LogP contribution < -0.4 is 10.6 Å². The first-order valence-electron chi connectivity index (χ1n) is 11.8. The number of amides is 2. The molecule has 2 aromatic rings. The molecule has 4 atom stereocenters. The molecule has 0 spiro atoms. The van der Waals surface area contributed by atoms with Crippen molar-refractivity contribution in [3.05, 3.63) is 69.2 Å². The van der Waals surface area contributed by atoms with Crippen LogP contribution >= 0.6 is 23.2 Å². The quantitative estimate of drug-likeness (QED) is 0.525. The molecule has 1 heterocycles. The van der Waals surface area contributed by atoms with Crippen molar-refractivity contribution < 1.29 is 9.59 Å². The predicted octanol–water partition coefficient (Wildman–Crippen LogP) is 6.00. The summed E-state index contributed by atoms with van der Waals surface area (Å²) in [6.45, 7) is 6.76. The maximum atomic E-state index is 13.2. The number of fused-ring (bicyclic) bond motifs is 1. The van der Waals surface area contributed by atoms with Gasteiger partial charge in [0.05, 0.1) is 0 Å². The topological polar surface area (TPSA) is 58.2 Å². The van der Waals surface area contributed by atoms with E-state index < -0.39 is 5.54 Å². The fourth-order valence-electron chi connectivity index (χ4n) is 5.65. The highest BCUT2D eigenvalue weighted by molar-refractivity contribution is 6.31. The van der Waals surface area contributed by atoms with E-state index >= 15 is 0 Å². The first-order valence-corrected chi connectivity index (χ1v) is 12.6. The smallest absolute Gasteiger partial charge is 0.246 e. The van der Waals surface area contributed by atoms with E-state index in [2.05, 4.69) is 36.6 Å². The number of rotatable bonds is 6. The van der Waals surface area contributed by atoms with Crippen LogP contribution in [0.3, 0.4) is 0 Å². The average Bonchev–Trinajstić information content (AvgIpc) is 3.09. The summed E-state index contributed by atoms with van der Waals surface area (Å²) in [5, 5.41) is 7.69. The average molecular weight is 487 g/mol. The van der Waals surface area contributed by atoms with Crippen LogP contribution in [0.1, 0.15) is 68.1 Å². The van der Waals surface area contributed by atoms with Gasteiger partial charge in [-0.2, -0.15) is 0 Å². The lowest BCUT2D eigenvalue weighted by molar-refractivity contribution is -0.134. The molecular formula is C27H32Cl2N2O2. The minimum atomic E-state index is -0.897. The molecule has 0 radical (unpaired) electrons. The molecule has 176 valence electrons. The van der Waals surface area contributed by atoms with Crippen molar-refractivity contribution >= 4 is 35.0 Å². The molecule has 6 heteroatoms. The second-order valence-electron chi connectivity index (χ2n) is 10.0. The Balaban J connectivity index is 1.74. The lowest BCUT2D eigenvalue weighted by Crippen LogP contribution is -2.60. The Hall–Kier alpha value is -2.04. The molecule has 0 unspecified atom stereocenters. The summed E-state index contributed by atoms with van der Waals surface area (Å²) in [6.07, 6.45) is 2.58. The van der Waals surface area contributed by atoms with Crippen LogP contribution in [0.25, 0.3) is 0 Å². The van der Waals surface area contributed by atoms with Gasteiger partial charge in [-0.15, -0.1) is 0 Å². The van der Waals surface area contributed by atoms with E-state index in [1.807, 2.05) is 37.3 Å². The van der Waals surface area contributed by atoms with Gasteiger partial charge in [0.1, 0.15) is 5.54 Å². The van der Waals surface area contributed by atoms with Gasteiger partial charge in [0.2, 0.25) is 11.8 Å². The largest absolute Gasteiger partial charge is 0.354 e. The van der Waals surface area contributed by atoms with Gasteiger partial charge >= 0.3 is 0 Å². The number of halogens is 2. The number of hydrogen-bond donors (Lipinski definition) is 2. The Morgan fingerprint density at radius 3 is 2.58 bits per heavy atom. The number of hydrogen-bond acceptors (Lipinski definition) is 2. The highest BCUT2D eigenvalue weighted by Crippen LogP contribution is 2.54. The summed E-state index contributed by atoms with van der Waals surface area (Å²) < 4.78 is 0. The standard InChI is InChI=1S/C27H32Cl2N2O2/c1-16(2)4-11-24(32)31-27-13-12-21(20-10-5-17(3)14-23(20)29)25(22(27)15-30-26(27)33)18-6-8-19(28)9-7-18/h5-10,14,16,21-22,25H,4,11-13,15H2,1-3H3,(H,30,33)(H,31,32)/t21-,22-,25-,27-/m0/s1.